The van der Waals surface area contributed by atoms with Crippen molar-refractivity contribution in [2.45, 2.75) is 43.7 Å². The van der Waals surface area contributed by atoms with Gasteiger partial charge in [-0.1, -0.05) is 85.4 Å². The Hall–Kier alpha value is -5.68. The Morgan fingerprint density at radius 2 is 1.46 bits per heavy atom. The molecular weight excluding hydrogens is 758 g/mol. The van der Waals surface area contributed by atoms with Gasteiger partial charge in [0.1, 0.15) is 11.3 Å². The van der Waals surface area contributed by atoms with Crippen molar-refractivity contribution in [1.82, 2.24) is 25.5 Å². The molecule has 1 amide bonds. The third-order valence-electron chi connectivity index (χ3n) is 9.37. The van der Waals surface area contributed by atoms with Gasteiger partial charge in [-0.25, -0.2) is 22.0 Å². The number of carbonyl (C=O) groups excluding carboxylic acids is 1. The summed E-state index contributed by atoms with van der Waals surface area (Å²) in [6.45, 7) is 1.69. The minimum absolute atomic E-state index is 0.0928. The summed E-state index contributed by atoms with van der Waals surface area (Å²) in [5, 5.41) is 34.2. The second-order valence-corrected chi connectivity index (χ2v) is 14.0. The van der Waals surface area contributed by atoms with Gasteiger partial charge < -0.3 is 25.0 Å². The average molecular weight is 790 g/mol. The highest BCUT2D eigenvalue weighted by Gasteiger charge is 2.39. The number of aromatic hydroxyl groups is 1. The maximum atomic E-state index is 14.2. The van der Waals surface area contributed by atoms with Crippen molar-refractivity contribution in [3.8, 4) is 22.6 Å². The van der Waals surface area contributed by atoms with E-state index in [-0.39, 0.29) is 37.0 Å². The summed E-state index contributed by atoms with van der Waals surface area (Å²) in [6, 6.07) is 28.3. The zero-order valence-corrected chi connectivity index (χ0v) is 30.2. The average Bonchev–Trinajstić information content (AvgIpc) is 3.70. The van der Waals surface area contributed by atoms with E-state index in [2.05, 4.69) is 20.8 Å². The molecule has 0 radical (unpaired) electrons. The number of rotatable bonds is 11. The number of aromatic nitrogens is 4. The molecule has 4 atom stereocenters. The van der Waals surface area contributed by atoms with E-state index in [9.17, 15) is 37.0 Å². The van der Waals surface area contributed by atoms with Gasteiger partial charge >= 0.3 is 0 Å². The molecule has 1 aliphatic rings. The number of halogens is 5. The van der Waals surface area contributed by atoms with E-state index in [0.717, 1.165) is 27.8 Å². The molecule has 7 rings (SSSR count). The number of phenolic OH excluding ortho intramolecular Hbond substituents is 1. The summed E-state index contributed by atoms with van der Waals surface area (Å²) in [7, 11) is 0. The van der Waals surface area contributed by atoms with Gasteiger partial charge in [0, 0.05) is 23.8 Å². The van der Waals surface area contributed by atoms with Gasteiger partial charge in [0.05, 0.1) is 24.5 Å². The summed E-state index contributed by atoms with van der Waals surface area (Å²) in [6.07, 6.45) is -1.48. The number of thioether (sulfide) groups is 1. The van der Waals surface area contributed by atoms with Crippen molar-refractivity contribution >= 4 is 17.7 Å². The highest BCUT2D eigenvalue weighted by atomic mass is 32.2. The minimum Gasteiger partial charge on any atom is -0.508 e. The first kappa shape index (κ1) is 38.6. The third-order valence-corrected chi connectivity index (χ3v) is 10.4. The molecule has 1 aliphatic heterocycles. The van der Waals surface area contributed by atoms with Crippen LogP contribution in [0.5, 0.6) is 5.75 Å². The summed E-state index contributed by atoms with van der Waals surface area (Å²) >= 11 is 1.41. The quantitative estimate of drug-likeness (QED) is 0.0522. The molecule has 1 saturated heterocycles. The molecular formula is C40H32F5N5O5S. The van der Waals surface area contributed by atoms with Crippen molar-refractivity contribution in [3.63, 3.8) is 0 Å². The largest absolute Gasteiger partial charge is 0.508 e. The fourth-order valence-electron chi connectivity index (χ4n) is 6.26. The molecule has 0 bridgehead atoms. The Balaban J connectivity index is 1.08. The smallest absolute Gasteiger partial charge is 0.257 e. The number of tetrazole rings is 1. The number of hydrogen-bond donors (Lipinski definition) is 3. The molecule has 3 N–H and O–H groups in total. The van der Waals surface area contributed by atoms with Crippen LogP contribution in [0.4, 0.5) is 22.0 Å². The van der Waals surface area contributed by atoms with Gasteiger partial charge in [0.2, 0.25) is 11.0 Å². The number of aliphatic hydroxyl groups is 1. The van der Waals surface area contributed by atoms with Crippen molar-refractivity contribution in [2.75, 3.05) is 5.75 Å². The van der Waals surface area contributed by atoms with E-state index in [4.69, 9.17) is 9.47 Å². The number of nitrogens with one attached hydrogen (secondary N) is 1. The van der Waals surface area contributed by atoms with Crippen LogP contribution in [0.3, 0.4) is 0 Å². The number of carbonyl (C=O) groups is 1. The van der Waals surface area contributed by atoms with E-state index in [1.54, 1.807) is 47.1 Å². The van der Waals surface area contributed by atoms with Gasteiger partial charge in [0.15, 0.2) is 29.6 Å². The van der Waals surface area contributed by atoms with Crippen molar-refractivity contribution in [2.24, 2.45) is 5.92 Å². The topological polar surface area (TPSA) is 132 Å². The van der Waals surface area contributed by atoms with Crippen molar-refractivity contribution in [1.29, 1.82) is 0 Å². The number of amides is 1. The molecule has 2 heterocycles. The van der Waals surface area contributed by atoms with Gasteiger partial charge in [-0.15, -0.1) is 5.10 Å². The van der Waals surface area contributed by atoms with Crippen LogP contribution < -0.4 is 5.32 Å². The number of ether oxygens (including phenoxy) is 2. The van der Waals surface area contributed by atoms with E-state index >= 15 is 0 Å². The Bertz CT molecular complexity index is 2320. The zero-order chi connectivity index (χ0) is 39.5. The molecule has 1 aromatic heterocycles. The van der Waals surface area contributed by atoms with Crippen LogP contribution in [0, 0.1) is 35.0 Å². The molecule has 16 heteroatoms. The molecule has 0 spiro atoms. The molecule has 10 nitrogen and oxygen atoms in total. The molecule has 0 unspecified atom stereocenters. The molecule has 6 aromatic rings. The Kier molecular flexibility index (Phi) is 11.4. The second kappa shape index (κ2) is 16.6. The number of nitrogens with zero attached hydrogens (tertiary/aromatic N) is 4. The number of phenols is 1. The van der Waals surface area contributed by atoms with Crippen LogP contribution in [0.1, 0.15) is 51.9 Å². The number of aliphatic hydroxyl groups excluding tert-OH is 1. The summed E-state index contributed by atoms with van der Waals surface area (Å²) in [4.78, 5) is 12.5. The van der Waals surface area contributed by atoms with E-state index in [1.165, 1.54) is 11.8 Å². The highest BCUT2D eigenvalue weighted by Crippen LogP contribution is 2.43. The molecule has 0 aliphatic carbocycles. The molecule has 1 fully saturated rings. The summed E-state index contributed by atoms with van der Waals surface area (Å²) in [5.74, 6) is -12.2. The number of hydrogen-bond acceptors (Lipinski definition) is 9. The van der Waals surface area contributed by atoms with Crippen LogP contribution in [0.2, 0.25) is 0 Å². The van der Waals surface area contributed by atoms with Crippen LogP contribution in [0.25, 0.3) is 16.8 Å². The first-order chi connectivity index (χ1) is 27.0. The van der Waals surface area contributed by atoms with E-state index in [0.29, 0.717) is 22.2 Å². The normalized spacial score (nSPS) is 18.2. The lowest BCUT2D eigenvalue weighted by Gasteiger charge is -2.41. The predicted octanol–water partition coefficient (Wildman–Crippen LogP) is 7.74. The van der Waals surface area contributed by atoms with Crippen molar-refractivity contribution < 1.29 is 46.4 Å². The number of benzene rings is 5. The summed E-state index contributed by atoms with van der Waals surface area (Å²) < 4.78 is 83.8. The fourth-order valence-corrected chi connectivity index (χ4v) is 7.31. The lowest BCUT2D eigenvalue weighted by atomic mass is 9.91. The maximum Gasteiger partial charge on any atom is 0.257 e. The van der Waals surface area contributed by atoms with Gasteiger partial charge in [0.25, 0.3) is 5.91 Å². The fraction of sp³-hybridized carbons (Fsp3) is 0.200. The Morgan fingerprint density at radius 1 is 0.804 bits per heavy atom. The lowest BCUT2D eigenvalue weighted by Crippen LogP contribution is -2.38. The van der Waals surface area contributed by atoms with Crippen LogP contribution in [0.15, 0.2) is 102 Å². The maximum absolute atomic E-state index is 14.2. The standard InChI is InChI=1S/C40H32F5N5O5S/c1-21-30(20-56-40-47-48-49-50(40)28-13-15-29(52)16-14-28)54-39(55-37(21)25-7-5-22(19-51)6-8-25)26-11-9-24(10-12-26)27-4-2-3-23(17-27)18-46-38(53)31-32(41)34(43)36(45)35(44)33(31)42/h2-17,21,30,37,39,51-52H,18-20H2,1H3,(H,46,53)/t21-,30+,37+,39+/m0/s1. The van der Waals surface area contributed by atoms with Crippen LogP contribution in [-0.2, 0) is 22.6 Å². The first-order valence-electron chi connectivity index (χ1n) is 17.2. The molecule has 5 aromatic carbocycles. The summed E-state index contributed by atoms with van der Waals surface area (Å²) in [5.41, 5.74) is 3.52. The Morgan fingerprint density at radius 3 is 2.14 bits per heavy atom. The van der Waals surface area contributed by atoms with Crippen LogP contribution in [-0.4, -0.2) is 48.2 Å². The zero-order valence-electron chi connectivity index (χ0n) is 29.4. The van der Waals surface area contributed by atoms with Crippen LogP contribution >= 0.6 is 11.8 Å². The SMILES string of the molecule is C[C@H]1[C@@H](CSc2nnnn2-c2ccc(O)cc2)O[C@@H](c2ccc(-c3cccc(CNC(=O)c4c(F)c(F)c(F)c(F)c4F)c3)cc2)O[C@H]1c1ccc(CO)cc1. The van der Waals surface area contributed by atoms with E-state index < -0.39 is 46.8 Å². The monoisotopic (exact) mass is 789 g/mol. The molecule has 0 saturated carbocycles. The van der Waals surface area contributed by atoms with Crippen molar-refractivity contribution in [3.05, 3.63) is 154 Å². The molecule has 56 heavy (non-hydrogen) atoms. The second-order valence-electron chi connectivity index (χ2n) is 13.0. The van der Waals surface area contributed by atoms with Gasteiger partial charge in [-0.05, 0) is 68.6 Å². The predicted molar refractivity (Wildman–Crippen MR) is 194 cm³/mol. The first-order valence-corrected chi connectivity index (χ1v) is 18.2. The third kappa shape index (κ3) is 8.00. The lowest BCUT2D eigenvalue weighted by molar-refractivity contribution is -0.268. The minimum atomic E-state index is -2.35. The van der Waals surface area contributed by atoms with Gasteiger partial charge in [-0.2, -0.15) is 4.68 Å². The highest BCUT2D eigenvalue weighted by molar-refractivity contribution is 7.99. The van der Waals surface area contributed by atoms with E-state index in [1.807, 2.05) is 61.5 Å². The molecule has 288 valence electrons. The Labute approximate surface area is 320 Å². The van der Waals surface area contributed by atoms with Gasteiger partial charge in [-0.3, -0.25) is 4.79 Å².